The van der Waals surface area contributed by atoms with Crippen LogP contribution in [0.1, 0.15) is 63.4 Å². The van der Waals surface area contributed by atoms with Gasteiger partial charge in [-0.1, -0.05) is 39.2 Å². The van der Waals surface area contributed by atoms with Crippen LogP contribution < -0.4 is 5.32 Å². The molecule has 0 aliphatic heterocycles. The van der Waals surface area contributed by atoms with E-state index in [2.05, 4.69) is 29.1 Å². The van der Waals surface area contributed by atoms with Gasteiger partial charge in [-0.15, -0.1) is 0 Å². The number of nitrogens with one attached hydrogen (secondary N) is 1. The molecule has 1 N–H and O–H groups in total. The van der Waals surface area contributed by atoms with Crippen LogP contribution in [0.25, 0.3) is 0 Å². The Balaban J connectivity index is 1.79. The fourth-order valence-electron chi connectivity index (χ4n) is 3.87. The lowest BCUT2D eigenvalue weighted by Crippen LogP contribution is -2.48. The quantitative estimate of drug-likeness (QED) is 0.835. The van der Waals surface area contributed by atoms with E-state index in [0.29, 0.717) is 6.54 Å². The maximum Gasteiger partial charge on any atom is 0.318 e. The van der Waals surface area contributed by atoms with Gasteiger partial charge in [-0.3, -0.25) is 4.98 Å². The molecule has 0 bridgehead atoms. The minimum absolute atomic E-state index is 0.00699. The Labute approximate surface area is 162 Å². The second-order valence-corrected chi connectivity index (χ2v) is 7.85. The van der Waals surface area contributed by atoms with Crippen molar-refractivity contribution >= 4 is 6.03 Å². The van der Waals surface area contributed by atoms with Gasteiger partial charge in [-0.05, 0) is 30.4 Å². The van der Waals surface area contributed by atoms with E-state index in [0.717, 1.165) is 24.2 Å². The molecule has 2 aromatic rings. The summed E-state index contributed by atoms with van der Waals surface area (Å²) in [6, 6.07) is 4.13. The molecule has 0 radical (unpaired) electrons. The van der Waals surface area contributed by atoms with Gasteiger partial charge in [0, 0.05) is 44.4 Å². The molecule has 1 atom stereocenters. The second kappa shape index (κ2) is 9.02. The number of aryl methyl sites for hydroxylation is 1. The number of carbonyl (C=O) groups excluding carboxylic acids is 1. The molecule has 0 unspecified atom stereocenters. The van der Waals surface area contributed by atoms with Gasteiger partial charge in [0.05, 0.1) is 6.04 Å². The van der Waals surface area contributed by atoms with Crippen molar-refractivity contribution in [1.82, 2.24) is 24.8 Å². The van der Waals surface area contributed by atoms with Crippen LogP contribution in [0.15, 0.2) is 36.9 Å². The minimum atomic E-state index is -0.113. The Morgan fingerprint density at radius 3 is 2.67 bits per heavy atom. The minimum Gasteiger partial charge on any atom is -0.336 e. The highest BCUT2D eigenvalue weighted by Crippen LogP contribution is 2.26. The lowest BCUT2D eigenvalue weighted by atomic mass is 9.94. The third-order valence-electron chi connectivity index (χ3n) is 5.43. The average molecular weight is 370 g/mol. The number of nitrogens with zero attached hydrogens (tertiary/aromatic N) is 4. The predicted octanol–water partition coefficient (Wildman–Crippen LogP) is 4.06. The largest absolute Gasteiger partial charge is 0.336 e. The number of amides is 2. The van der Waals surface area contributed by atoms with Gasteiger partial charge < -0.3 is 14.8 Å². The fraction of sp³-hybridized carbons (Fsp3) is 0.571. The number of hydrogen-bond acceptors (Lipinski definition) is 3. The van der Waals surface area contributed by atoms with E-state index < -0.39 is 0 Å². The summed E-state index contributed by atoms with van der Waals surface area (Å²) >= 11 is 0. The van der Waals surface area contributed by atoms with Crippen LogP contribution >= 0.6 is 0 Å². The fourth-order valence-corrected chi connectivity index (χ4v) is 3.87. The molecule has 2 heterocycles. The summed E-state index contributed by atoms with van der Waals surface area (Å²) in [4.78, 5) is 24.0. The molecular weight excluding hydrogens is 338 g/mol. The van der Waals surface area contributed by atoms with E-state index in [1.165, 1.54) is 19.3 Å². The number of rotatable bonds is 6. The zero-order valence-electron chi connectivity index (χ0n) is 16.6. The topological polar surface area (TPSA) is 63.1 Å². The van der Waals surface area contributed by atoms with Crippen molar-refractivity contribution in [1.29, 1.82) is 0 Å². The van der Waals surface area contributed by atoms with Gasteiger partial charge in [0.1, 0.15) is 5.82 Å². The first-order valence-corrected chi connectivity index (χ1v) is 9.99. The van der Waals surface area contributed by atoms with Crippen molar-refractivity contribution in [3.63, 3.8) is 0 Å². The Hall–Kier alpha value is -2.37. The van der Waals surface area contributed by atoms with Crippen molar-refractivity contribution in [3.05, 3.63) is 48.3 Å². The van der Waals surface area contributed by atoms with Crippen molar-refractivity contribution in [2.45, 2.75) is 64.6 Å². The maximum atomic E-state index is 13.3. The third-order valence-corrected chi connectivity index (χ3v) is 5.43. The van der Waals surface area contributed by atoms with E-state index in [-0.39, 0.29) is 24.0 Å². The summed E-state index contributed by atoms with van der Waals surface area (Å²) in [5.74, 6) is 1.14. The van der Waals surface area contributed by atoms with Gasteiger partial charge in [0.15, 0.2) is 0 Å². The van der Waals surface area contributed by atoms with Gasteiger partial charge in [0.25, 0.3) is 0 Å². The normalized spacial score (nSPS) is 16.3. The van der Waals surface area contributed by atoms with Crippen molar-refractivity contribution in [2.75, 3.05) is 0 Å². The van der Waals surface area contributed by atoms with Gasteiger partial charge in [0.2, 0.25) is 0 Å². The molecule has 3 rings (SSSR count). The SMILES string of the molecule is CC(C)[C@@H](NC(=O)N(Cc1cccnc1)C1CCCCC1)c1nccn1C. The van der Waals surface area contributed by atoms with Crippen molar-refractivity contribution in [3.8, 4) is 0 Å². The van der Waals surface area contributed by atoms with Crippen molar-refractivity contribution in [2.24, 2.45) is 13.0 Å². The van der Waals surface area contributed by atoms with Crippen LogP contribution in [0, 0.1) is 5.92 Å². The molecule has 146 valence electrons. The molecule has 2 amide bonds. The number of carbonyl (C=O) groups is 1. The first-order chi connectivity index (χ1) is 13.1. The monoisotopic (exact) mass is 369 g/mol. The standard InChI is InChI=1S/C21H31N5O/c1-16(2)19(20-23-12-13-25(20)3)24-21(27)26(18-9-5-4-6-10-18)15-17-8-7-11-22-14-17/h7-8,11-14,16,18-19H,4-6,9-10,15H2,1-3H3,(H,24,27)/t19-/m1/s1. The first-order valence-electron chi connectivity index (χ1n) is 9.99. The summed E-state index contributed by atoms with van der Waals surface area (Å²) in [6.07, 6.45) is 13.1. The van der Waals surface area contributed by atoms with Crippen LogP contribution in [0.2, 0.25) is 0 Å². The highest BCUT2D eigenvalue weighted by molar-refractivity contribution is 5.75. The van der Waals surface area contributed by atoms with E-state index in [1.807, 2.05) is 41.0 Å². The number of pyridine rings is 1. The number of imidazole rings is 1. The van der Waals surface area contributed by atoms with Crippen LogP contribution in [0.4, 0.5) is 4.79 Å². The van der Waals surface area contributed by atoms with E-state index in [4.69, 9.17) is 0 Å². The average Bonchev–Trinajstić information content (AvgIpc) is 3.11. The molecular formula is C21H31N5O. The number of aromatic nitrogens is 3. The highest BCUT2D eigenvalue weighted by Gasteiger charge is 2.29. The van der Waals surface area contributed by atoms with Crippen molar-refractivity contribution < 1.29 is 4.79 Å². The number of urea groups is 1. The highest BCUT2D eigenvalue weighted by atomic mass is 16.2. The predicted molar refractivity (Wildman–Crippen MR) is 106 cm³/mol. The molecule has 1 saturated carbocycles. The summed E-state index contributed by atoms with van der Waals surface area (Å²) in [7, 11) is 1.97. The van der Waals surface area contributed by atoms with Crippen LogP contribution in [0.5, 0.6) is 0 Å². The lowest BCUT2D eigenvalue weighted by Gasteiger charge is -2.36. The van der Waals surface area contributed by atoms with E-state index in [9.17, 15) is 4.79 Å². The maximum absolute atomic E-state index is 13.3. The summed E-state index contributed by atoms with van der Waals surface area (Å²) in [6.45, 7) is 4.83. The van der Waals surface area contributed by atoms with E-state index >= 15 is 0 Å². The molecule has 0 saturated heterocycles. The molecule has 1 aliphatic carbocycles. The van der Waals surface area contributed by atoms with E-state index in [1.54, 1.807) is 12.4 Å². The smallest absolute Gasteiger partial charge is 0.318 e. The zero-order chi connectivity index (χ0) is 19.2. The molecule has 2 aromatic heterocycles. The Bertz CT molecular complexity index is 721. The molecule has 0 aromatic carbocycles. The lowest BCUT2D eigenvalue weighted by molar-refractivity contribution is 0.144. The third kappa shape index (κ3) is 4.87. The summed E-state index contributed by atoms with van der Waals surface area (Å²) in [5.41, 5.74) is 1.07. The van der Waals surface area contributed by atoms with Crippen LogP contribution in [-0.4, -0.2) is 31.5 Å². The molecule has 0 spiro atoms. The zero-order valence-corrected chi connectivity index (χ0v) is 16.6. The Kier molecular flexibility index (Phi) is 6.48. The first kappa shape index (κ1) is 19.4. The van der Waals surface area contributed by atoms with Crippen LogP contribution in [-0.2, 0) is 13.6 Å². The molecule has 1 fully saturated rings. The van der Waals surface area contributed by atoms with Gasteiger partial charge in [-0.25, -0.2) is 9.78 Å². The number of hydrogen-bond donors (Lipinski definition) is 1. The molecule has 27 heavy (non-hydrogen) atoms. The Morgan fingerprint density at radius 2 is 2.07 bits per heavy atom. The second-order valence-electron chi connectivity index (χ2n) is 7.85. The Morgan fingerprint density at radius 1 is 1.30 bits per heavy atom. The van der Waals surface area contributed by atoms with Gasteiger partial charge >= 0.3 is 6.03 Å². The van der Waals surface area contributed by atoms with Gasteiger partial charge in [-0.2, -0.15) is 0 Å². The molecule has 1 aliphatic rings. The molecule has 6 nitrogen and oxygen atoms in total. The summed E-state index contributed by atoms with van der Waals surface area (Å²) < 4.78 is 1.98. The molecule has 6 heteroatoms. The van der Waals surface area contributed by atoms with Crippen LogP contribution in [0.3, 0.4) is 0 Å². The summed E-state index contributed by atoms with van der Waals surface area (Å²) in [5, 5.41) is 3.26.